The Morgan fingerprint density at radius 3 is 2.59 bits per heavy atom. The summed E-state index contributed by atoms with van der Waals surface area (Å²) in [4.78, 5) is 0. The maximum Gasteiger partial charge on any atom is 0.161 e. The molecule has 1 aromatic carbocycles. The van der Waals surface area contributed by atoms with E-state index in [4.69, 9.17) is 9.47 Å². The molecule has 0 aliphatic carbocycles. The maximum atomic E-state index is 10.0. The molecule has 0 amide bonds. The monoisotopic (exact) mass is 236 g/mol. The Morgan fingerprint density at radius 2 is 2.00 bits per heavy atom. The highest BCUT2D eigenvalue weighted by atomic mass is 16.5. The molecule has 0 saturated heterocycles. The largest absolute Gasteiger partial charge is 0.493 e. The van der Waals surface area contributed by atoms with Crippen LogP contribution in [0.15, 0.2) is 30.9 Å². The lowest BCUT2D eigenvalue weighted by molar-refractivity contribution is 0.164. The van der Waals surface area contributed by atoms with Crippen LogP contribution in [0.1, 0.15) is 30.9 Å². The van der Waals surface area contributed by atoms with E-state index in [1.165, 1.54) is 0 Å². The molecule has 0 saturated carbocycles. The van der Waals surface area contributed by atoms with Crippen LogP contribution in [-0.4, -0.2) is 19.3 Å². The van der Waals surface area contributed by atoms with E-state index in [-0.39, 0.29) is 0 Å². The Hall–Kier alpha value is -1.48. The number of unbranched alkanes of at least 4 members (excludes halogenated alkanes) is 1. The number of rotatable bonds is 7. The Morgan fingerprint density at radius 1 is 1.29 bits per heavy atom. The summed E-state index contributed by atoms with van der Waals surface area (Å²) >= 11 is 0. The molecular weight excluding hydrogens is 216 g/mol. The van der Waals surface area contributed by atoms with E-state index < -0.39 is 6.10 Å². The fraction of sp³-hybridized carbons (Fsp3) is 0.429. The van der Waals surface area contributed by atoms with Crippen molar-refractivity contribution in [3.05, 3.63) is 36.4 Å². The summed E-state index contributed by atoms with van der Waals surface area (Å²) in [6, 6.07) is 5.49. The van der Waals surface area contributed by atoms with Gasteiger partial charge in [-0.05, 0) is 37.0 Å². The lowest BCUT2D eigenvalue weighted by Crippen LogP contribution is -1.99. The van der Waals surface area contributed by atoms with E-state index in [1.807, 2.05) is 24.3 Å². The number of ether oxygens (including phenoxy) is 2. The van der Waals surface area contributed by atoms with Gasteiger partial charge in [-0.15, -0.1) is 6.58 Å². The molecule has 0 bridgehead atoms. The van der Waals surface area contributed by atoms with E-state index in [9.17, 15) is 5.11 Å². The van der Waals surface area contributed by atoms with E-state index in [2.05, 4.69) is 6.58 Å². The third kappa shape index (κ3) is 3.79. The first-order valence-corrected chi connectivity index (χ1v) is 5.73. The molecule has 0 radical (unpaired) electrons. The third-order valence-electron chi connectivity index (χ3n) is 2.68. The third-order valence-corrected chi connectivity index (χ3v) is 2.68. The van der Waals surface area contributed by atoms with Crippen molar-refractivity contribution in [2.45, 2.75) is 25.4 Å². The first-order chi connectivity index (χ1) is 8.22. The summed E-state index contributed by atoms with van der Waals surface area (Å²) in [6.07, 6.45) is 3.97. The van der Waals surface area contributed by atoms with Gasteiger partial charge in [0.25, 0.3) is 0 Å². The number of methoxy groups -OCH3 is 2. The molecule has 1 unspecified atom stereocenters. The molecule has 0 aliphatic rings. The van der Waals surface area contributed by atoms with Crippen LogP contribution in [0.25, 0.3) is 0 Å². The molecule has 1 N–H and O–H groups in total. The van der Waals surface area contributed by atoms with Crippen molar-refractivity contribution in [3.8, 4) is 11.5 Å². The quantitative estimate of drug-likeness (QED) is 0.584. The fourth-order valence-electron chi connectivity index (χ4n) is 1.68. The van der Waals surface area contributed by atoms with Crippen molar-refractivity contribution in [1.29, 1.82) is 0 Å². The summed E-state index contributed by atoms with van der Waals surface area (Å²) < 4.78 is 10.3. The first kappa shape index (κ1) is 13.6. The molecule has 94 valence electrons. The fourth-order valence-corrected chi connectivity index (χ4v) is 1.68. The lowest BCUT2D eigenvalue weighted by Gasteiger charge is -2.13. The first-order valence-electron chi connectivity index (χ1n) is 5.73. The molecule has 3 nitrogen and oxygen atoms in total. The molecule has 0 aliphatic heterocycles. The predicted octanol–water partition coefficient (Wildman–Crippen LogP) is 3.09. The minimum Gasteiger partial charge on any atom is -0.493 e. The minimum absolute atomic E-state index is 0.463. The average molecular weight is 236 g/mol. The van der Waals surface area contributed by atoms with Gasteiger partial charge in [0.2, 0.25) is 0 Å². The number of hydrogen-bond donors (Lipinski definition) is 1. The van der Waals surface area contributed by atoms with Crippen molar-refractivity contribution in [2.75, 3.05) is 14.2 Å². The molecule has 17 heavy (non-hydrogen) atoms. The molecule has 0 fully saturated rings. The highest BCUT2D eigenvalue weighted by Crippen LogP contribution is 2.31. The van der Waals surface area contributed by atoms with Gasteiger partial charge in [-0.1, -0.05) is 12.1 Å². The van der Waals surface area contributed by atoms with Crippen LogP contribution in [0.3, 0.4) is 0 Å². The highest BCUT2D eigenvalue weighted by molar-refractivity contribution is 5.43. The number of benzene rings is 1. The van der Waals surface area contributed by atoms with Gasteiger partial charge in [0.15, 0.2) is 11.5 Å². The lowest BCUT2D eigenvalue weighted by atomic mass is 10.0. The Labute approximate surface area is 103 Å². The van der Waals surface area contributed by atoms with Gasteiger partial charge in [0.1, 0.15) is 0 Å². The maximum absolute atomic E-state index is 10.0. The van der Waals surface area contributed by atoms with Gasteiger partial charge in [-0.2, -0.15) is 0 Å². The second-order valence-electron chi connectivity index (χ2n) is 3.85. The van der Waals surface area contributed by atoms with Gasteiger partial charge in [0, 0.05) is 0 Å². The summed E-state index contributed by atoms with van der Waals surface area (Å²) in [5.74, 6) is 1.32. The predicted molar refractivity (Wildman–Crippen MR) is 68.6 cm³/mol. The molecule has 0 spiro atoms. The highest BCUT2D eigenvalue weighted by Gasteiger charge is 2.11. The molecule has 3 heteroatoms. The van der Waals surface area contributed by atoms with Gasteiger partial charge >= 0.3 is 0 Å². The molecule has 0 aromatic heterocycles. The van der Waals surface area contributed by atoms with Gasteiger partial charge in [-0.3, -0.25) is 0 Å². The van der Waals surface area contributed by atoms with E-state index in [0.717, 1.165) is 24.8 Å². The van der Waals surface area contributed by atoms with Gasteiger partial charge in [0.05, 0.1) is 20.3 Å². The molecule has 0 heterocycles. The van der Waals surface area contributed by atoms with Crippen LogP contribution in [0.5, 0.6) is 11.5 Å². The van der Waals surface area contributed by atoms with Gasteiger partial charge < -0.3 is 14.6 Å². The van der Waals surface area contributed by atoms with E-state index in [0.29, 0.717) is 11.5 Å². The summed E-state index contributed by atoms with van der Waals surface area (Å²) in [5.41, 5.74) is 0.853. The van der Waals surface area contributed by atoms with Crippen molar-refractivity contribution in [2.24, 2.45) is 0 Å². The zero-order valence-electron chi connectivity index (χ0n) is 10.5. The van der Waals surface area contributed by atoms with E-state index >= 15 is 0 Å². The zero-order valence-corrected chi connectivity index (χ0v) is 10.5. The average Bonchev–Trinajstić information content (AvgIpc) is 2.38. The van der Waals surface area contributed by atoms with Crippen molar-refractivity contribution in [1.82, 2.24) is 0 Å². The van der Waals surface area contributed by atoms with Crippen LogP contribution < -0.4 is 9.47 Å². The number of aliphatic hydroxyl groups is 1. The zero-order chi connectivity index (χ0) is 12.7. The van der Waals surface area contributed by atoms with E-state index in [1.54, 1.807) is 14.2 Å². The summed E-state index contributed by atoms with van der Waals surface area (Å²) in [5, 5.41) is 10.0. The number of aliphatic hydroxyl groups excluding tert-OH is 1. The normalized spacial score (nSPS) is 11.9. The number of hydrogen-bond acceptors (Lipinski definition) is 3. The topological polar surface area (TPSA) is 38.7 Å². The Bertz CT molecular complexity index is 360. The smallest absolute Gasteiger partial charge is 0.161 e. The van der Waals surface area contributed by atoms with Crippen LogP contribution in [0.4, 0.5) is 0 Å². The van der Waals surface area contributed by atoms with Crippen LogP contribution in [0, 0.1) is 0 Å². The van der Waals surface area contributed by atoms with Crippen molar-refractivity contribution in [3.63, 3.8) is 0 Å². The minimum atomic E-state index is -0.463. The standard InChI is InChI=1S/C14H20O3/c1-4-5-6-7-12(15)11-8-9-13(16-2)14(10-11)17-3/h4,8-10,12,15H,1,5-7H2,2-3H3. The summed E-state index contributed by atoms with van der Waals surface area (Å²) in [7, 11) is 3.18. The molecular formula is C14H20O3. The van der Waals surface area contributed by atoms with Crippen LogP contribution in [0.2, 0.25) is 0 Å². The van der Waals surface area contributed by atoms with Crippen molar-refractivity contribution >= 4 is 0 Å². The van der Waals surface area contributed by atoms with Crippen LogP contribution in [-0.2, 0) is 0 Å². The Balaban J connectivity index is 2.73. The molecule has 1 rings (SSSR count). The molecule has 1 aromatic rings. The summed E-state index contributed by atoms with van der Waals surface area (Å²) in [6.45, 7) is 3.66. The number of allylic oxidation sites excluding steroid dienone is 1. The SMILES string of the molecule is C=CCCCC(O)c1ccc(OC)c(OC)c1. The van der Waals surface area contributed by atoms with Gasteiger partial charge in [-0.25, -0.2) is 0 Å². The Kier molecular flexibility index (Phi) is 5.57. The molecule has 1 atom stereocenters. The second-order valence-corrected chi connectivity index (χ2v) is 3.85. The van der Waals surface area contributed by atoms with Crippen LogP contribution >= 0.6 is 0 Å². The second kappa shape index (κ2) is 6.97. The van der Waals surface area contributed by atoms with Crippen molar-refractivity contribution < 1.29 is 14.6 Å².